The fraction of sp³-hybridized carbons (Fsp3) is 0.125. The van der Waals surface area contributed by atoms with Crippen LogP contribution in [0.15, 0.2) is 106 Å². The molecular formula is C32H26N6O2S. The summed E-state index contributed by atoms with van der Waals surface area (Å²) in [5.41, 5.74) is 6.03. The molecule has 3 aromatic carbocycles. The van der Waals surface area contributed by atoms with Crippen LogP contribution in [0, 0.1) is 6.92 Å². The fourth-order valence-corrected chi connectivity index (χ4v) is 6.13. The second kappa shape index (κ2) is 10.2. The Morgan fingerprint density at radius 1 is 0.951 bits per heavy atom. The number of hydrogen-bond acceptors (Lipinski definition) is 8. The molecule has 7 rings (SSSR count). The van der Waals surface area contributed by atoms with Gasteiger partial charge in [0, 0.05) is 16.1 Å². The zero-order chi connectivity index (χ0) is 27.9. The number of aryl methyl sites for hydroxylation is 1. The van der Waals surface area contributed by atoms with E-state index in [2.05, 4.69) is 33.8 Å². The second-order valence-electron chi connectivity index (χ2n) is 9.67. The van der Waals surface area contributed by atoms with Gasteiger partial charge in [-0.3, -0.25) is 0 Å². The van der Waals surface area contributed by atoms with Gasteiger partial charge in [-0.15, -0.1) is 11.3 Å². The molecular weight excluding hydrogens is 532 g/mol. The van der Waals surface area contributed by atoms with E-state index in [1.165, 1.54) is 4.88 Å². The van der Waals surface area contributed by atoms with Gasteiger partial charge in [-0.05, 0) is 73.8 Å². The van der Waals surface area contributed by atoms with Crippen LogP contribution < -0.4 is 10.2 Å². The number of esters is 1. The molecule has 0 unspecified atom stereocenters. The molecule has 0 amide bonds. The van der Waals surface area contributed by atoms with Crippen molar-refractivity contribution in [3.05, 3.63) is 118 Å². The standard InChI is InChI=1S/C32H26N6O2S/c1-3-40-32(39)21-15-17-22(18-16-21)33-29-31-35-30-27(20(2)36-38(30)23-10-5-4-6-11-23)28(26-14-9-19-41-26)37(31)25-13-8-7-12-24(25)34-29/h4-19,28H,3H2,1-2H3,(H,33,34)/t28-/m0/s1. The third-order valence-electron chi connectivity index (χ3n) is 7.11. The van der Waals surface area contributed by atoms with E-state index in [0.29, 0.717) is 23.8 Å². The summed E-state index contributed by atoms with van der Waals surface area (Å²) in [6, 6.07) is 29.5. The maximum atomic E-state index is 12.2. The molecule has 0 fully saturated rings. The van der Waals surface area contributed by atoms with Gasteiger partial charge in [0.1, 0.15) is 6.04 Å². The molecule has 1 N–H and O–H groups in total. The molecule has 1 atom stereocenters. The van der Waals surface area contributed by atoms with Crippen LogP contribution in [0.2, 0.25) is 0 Å². The zero-order valence-electron chi connectivity index (χ0n) is 22.5. The Morgan fingerprint density at radius 3 is 2.49 bits per heavy atom. The van der Waals surface area contributed by atoms with Gasteiger partial charge in [0.2, 0.25) is 0 Å². The summed E-state index contributed by atoms with van der Waals surface area (Å²) in [5, 5.41) is 10.6. The lowest BCUT2D eigenvalue weighted by Crippen LogP contribution is -2.46. The van der Waals surface area contributed by atoms with Crippen molar-refractivity contribution in [3.63, 3.8) is 0 Å². The molecule has 0 radical (unpaired) electrons. The highest BCUT2D eigenvalue weighted by Gasteiger charge is 2.41. The Bertz CT molecular complexity index is 1810. The van der Waals surface area contributed by atoms with E-state index in [0.717, 1.165) is 39.8 Å². The monoisotopic (exact) mass is 558 g/mol. The lowest BCUT2D eigenvalue weighted by Gasteiger charge is -2.40. The average Bonchev–Trinajstić information content (AvgIpc) is 3.66. The topological polar surface area (TPSA) is 84.1 Å². The summed E-state index contributed by atoms with van der Waals surface area (Å²) in [7, 11) is 0. The molecule has 2 aliphatic heterocycles. The van der Waals surface area contributed by atoms with E-state index in [1.54, 1.807) is 30.4 Å². The number of nitrogens with one attached hydrogen (secondary N) is 1. The van der Waals surface area contributed by atoms with Gasteiger partial charge in [-0.2, -0.15) is 5.10 Å². The van der Waals surface area contributed by atoms with Gasteiger partial charge in [0.15, 0.2) is 17.5 Å². The molecule has 0 saturated carbocycles. The first-order valence-electron chi connectivity index (χ1n) is 13.4. The first-order valence-corrected chi connectivity index (χ1v) is 14.3. The van der Waals surface area contributed by atoms with Gasteiger partial charge in [0.05, 0.1) is 34.9 Å². The predicted molar refractivity (Wildman–Crippen MR) is 164 cm³/mol. The van der Waals surface area contributed by atoms with Crippen molar-refractivity contribution in [2.75, 3.05) is 16.8 Å². The van der Waals surface area contributed by atoms with Crippen LogP contribution in [-0.2, 0) is 4.74 Å². The first-order chi connectivity index (χ1) is 20.1. The van der Waals surface area contributed by atoms with Crippen LogP contribution >= 0.6 is 11.3 Å². The van der Waals surface area contributed by atoms with Crippen LogP contribution in [0.1, 0.15) is 39.5 Å². The van der Waals surface area contributed by atoms with Crippen LogP contribution in [0.4, 0.5) is 22.9 Å². The average molecular weight is 559 g/mol. The highest BCUT2D eigenvalue weighted by atomic mass is 32.1. The summed E-state index contributed by atoms with van der Waals surface area (Å²) < 4.78 is 7.06. The maximum Gasteiger partial charge on any atom is 0.338 e. The lowest BCUT2D eigenvalue weighted by molar-refractivity contribution is 0.0526. The van der Waals surface area contributed by atoms with Crippen molar-refractivity contribution in [2.24, 2.45) is 9.98 Å². The van der Waals surface area contributed by atoms with E-state index < -0.39 is 0 Å². The number of carbonyl (C=O) groups is 1. The number of fused-ring (bicyclic) bond motifs is 4. The van der Waals surface area contributed by atoms with E-state index >= 15 is 0 Å². The molecule has 2 aromatic heterocycles. The molecule has 0 saturated heterocycles. The van der Waals surface area contributed by atoms with Gasteiger partial charge in [-0.1, -0.05) is 36.4 Å². The second-order valence-corrected chi connectivity index (χ2v) is 10.6. The van der Waals surface area contributed by atoms with Crippen molar-refractivity contribution in [2.45, 2.75) is 19.9 Å². The normalized spacial score (nSPS) is 15.3. The van der Waals surface area contributed by atoms with Crippen molar-refractivity contribution >= 4 is 51.9 Å². The van der Waals surface area contributed by atoms with Crippen molar-refractivity contribution in [3.8, 4) is 5.69 Å². The van der Waals surface area contributed by atoms with Crippen LogP contribution in [0.25, 0.3) is 5.69 Å². The summed E-state index contributed by atoms with van der Waals surface area (Å²) in [6.45, 7) is 4.17. The number of hydrogen-bond donors (Lipinski definition) is 1. The molecule has 4 heterocycles. The number of thiophene rings is 1. The van der Waals surface area contributed by atoms with Crippen molar-refractivity contribution in [1.82, 2.24) is 9.78 Å². The molecule has 9 heteroatoms. The van der Waals surface area contributed by atoms with E-state index in [9.17, 15) is 4.79 Å². The van der Waals surface area contributed by atoms with Gasteiger partial charge in [0.25, 0.3) is 0 Å². The predicted octanol–water partition coefficient (Wildman–Crippen LogP) is 7.21. The number of para-hydroxylation sites is 3. The number of benzene rings is 3. The smallest absolute Gasteiger partial charge is 0.338 e. The number of aromatic nitrogens is 2. The lowest BCUT2D eigenvalue weighted by atomic mass is 9.98. The number of nitrogens with zero attached hydrogens (tertiary/aromatic N) is 5. The Labute approximate surface area is 241 Å². The maximum absolute atomic E-state index is 12.2. The molecule has 0 spiro atoms. The van der Waals surface area contributed by atoms with E-state index in [-0.39, 0.29) is 12.0 Å². The first kappa shape index (κ1) is 25.0. The van der Waals surface area contributed by atoms with E-state index in [4.69, 9.17) is 19.8 Å². The minimum absolute atomic E-state index is 0.144. The highest BCUT2D eigenvalue weighted by Crippen LogP contribution is 2.49. The number of aliphatic imine (C=N–C) groups is 2. The number of anilines is 2. The third-order valence-corrected chi connectivity index (χ3v) is 8.04. The van der Waals surface area contributed by atoms with Gasteiger partial charge in [-0.25, -0.2) is 19.5 Å². The number of amidine groups is 2. The number of ether oxygens (including phenoxy) is 1. The van der Waals surface area contributed by atoms with Gasteiger partial charge < -0.3 is 15.0 Å². The minimum Gasteiger partial charge on any atom is -0.462 e. The SMILES string of the molecule is CCOC(=O)c1ccc(NC2=Nc3ccccc3N3C2=Nc2c(c(C)nn2-c2ccccc2)[C@@H]3c2cccs2)cc1. The molecule has 41 heavy (non-hydrogen) atoms. The number of carbonyl (C=O) groups excluding carboxylic acids is 1. The fourth-order valence-electron chi connectivity index (χ4n) is 5.30. The molecule has 202 valence electrons. The van der Waals surface area contributed by atoms with Crippen LogP contribution in [0.5, 0.6) is 0 Å². The van der Waals surface area contributed by atoms with E-state index in [1.807, 2.05) is 72.3 Å². The summed E-state index contributed by atoms with van der Waals surface area (Å²) in [6.07, 6.45) is 0. The third kappa shape index (κ3) is 4.31. The minimum atomic E-state index is -0.346. The van der Waals surface area contributed by atoms with Crippen molar-refractivity contribution in [1.29, 1.82) is 0 Å². The highest BCUT2D eigenvalue weighted by molar-refractivity contribution is 7.10. The largest absolute Gasteiger partial charge is 0.462 e. The zero-order valence-corrected chi connectivity index (χ0v) is 23.3. The van der Waals surface area contributed by atoms with Crippen molar-refractivity contribution < 1.29 is 9.53 Å². The number of rotatable bonds is 5. The quantitative estimate of drug-likeness (QED) is 0.230. The Hall–Kier alpha value is -5.02. The Morgan fingerprint density at radius 2 is 1.73 bits per heavy atom. The molecule has 0 bridgehead atoms. The summed E-state index contributed by atoms with van der Waals surface area (Å²) in [5.74, 6) is 1.74. The molecule has 0 aliphatic carbocycles. The van der Waals surface area contributed by atoms with Crippen LogP contribution in [-0.4, -0.2) is 34.0 Å². The summed E-state index contributed by atoms with van der Waals surface area (Å²) in [4.78, 5) is 25.9. The molecule has 5 aromatic rings. The Balaban J connectivity index is 1.40. The Kier molecular flexibility index (Phi) is 6.20. The van der Waals surface area contributed by atoms with Crippen LogP contribution in [0.3, 0.4) is 0 Å². The van der Waals surface area contributed by atoms with Gasteiger partial charge >= 0.3 is 5.97 Å². The molecule has 8 nitrogen and oxygen atoms in total. The molecule has 2 aliphatic rings. The summed E-state index contributed by atoms with van der Waals surface area (Å²) >= 11 is 1.71.